The molecule has 0 aliphatic carbocycles. The zero-order chi connectivity index (χ0) is 14.8. The maximum Gasteiger partial charge on any atom is 0.410 e. The number of halogens is 1. The minimum atomic E-state index is -2.37. The largest absolute Gasteiger partial charge is 0.479 e. The number of alkyl halides is 1. The first-order chi connectivity index (χ1) is 8.60. The highest BCUT2D eigenvalue weighted by Crippen LogP contribution is 2.35. The molecule has 1 aliphatic rings. The summed E-state index contributed by atoms with van der Waals surface area (Å²) in [4.78, 5) is 24.1. The minimum Gasteiger partial charge on any atom is -0.479 e. The lowest BCUT2D eigenvalue weighted by atomic mass is 9.89. The third kappa shape index (κ3) is 3.58. The van der Waals surface area contributed by atoms with Crippen molar-refractivity contribution in [2.24, 2.45) is 5.92 Å². The number of nitrogens with zero attached hydrogens (tertiary/aromatic N) is 1. The second-order valence-electron chi connectivity index (χ2n) is 6.01. The maximum atomic E-state index is 14.5. The van der Waals surface area contributed by atoms with Crippen molar-refractivity contribution in [3.8, 4) is 0 Å². The average molecular weight is 275 g/mol. The highest BCUT2D eigenvalue weighted by atomic mass is 19.1. The molecular formula is C13H22FNO4. The molecule has 5 nitrogen and oxygen atoms in total. The minimum absolute atomic E-state index is 0.0888. The smallest absolute Gasteiger partial charge is 0.410 e. The quantitative estimate of drug-likeness (QED) is 0.859. The molecule has 1 rings (SSSR count). The van der Waals surface area contributed by atoms with Crippen LogP contribution in [0.5, 0.6) is 0 Å². The van der Waals surface area contributed by atoms with Crippen LogP contribution in [0.3, 0.4) is 0 Å². The summed E-state index contributed by atoms with van der Waals surface area (Å²) in [6, 6.07) is 0. The van der Waals surface area contributed by atoms with Crippen molar-refractivity contribution in [1.82, 2.24) is 4.90 Å². The number of hydrogen-bond donors (Lipinski definition) is 1. The van der Waals surface area contributed by atoms with E-state index in [0.717, 1.165) is 4.90 Å². The monoisotopic (exact) mass is 275 g/mol. The first kappa shape index (κ1) is 15.7. The summed E-state index contributed by atoms with van der Waals surface area (Å²) in [6.07, 6.45) is 0.447. The standard InChI is InChI=1S/C13H22FNO4/c1-5-6-9-7-15(8-13(9,14)10(16)17)11(18)19-12(2,3)4/h9H,5-8H2,1-4H3,(H,16,17)/t9-,13-/m0/s1. The van der Waals surface area contributed by atoms with Crippen LogP contribution in [-0.4, -0.2) is 46.4 Å². The summed E-state index contributed by atoms with van der Waals surface area (Å²) in [5, 5.41) is 9.05. The molecule has 6 heteroatoms. The predicted octanol–water partition coefficient (Wildman–Crippen LogP) is 2.45. The Labute approximate surface area is 112 Å². The highest BCUT2D eigenvalue weighted by Gasteiger charge is 2.54. The van der Waals surface area contributed by atoms with Crippen molar-refractivity contribution in [2.75, 3.05) is 13.1 Å². The van der Waals surface area contributed by atoms with Gasteiger partial charge in [0.05, 0.1) is 6.54 Å². The molecule has 0 spiro atoms. The van der Waals surface area contributed by atoms with Gasteiger partial charge in [-0.3, -0.25) is 0 Å². The Hall–Kier alpha value is -1.33. The molecule has 1 fully saturated rings. The van der Waals surface area contributed by atoms with Gasteiger partial charge in [0.2, 0.25) is 5.67 Å². The Balaban J connectivity index is 2.81. The summed E-state index contributed by atoms with van der Waals surface area (Å²) in [5.41, 5.74) is -3.05. The van der Waals surface area contributed by atoms with Gasteiger partial charge in [-0.05, 0) is 27.2 Å². The third-order valence-corrected chi connectivity index (χ3v) is 3.15. The Kier molecular flexibility index (Phi) is 4.43. The number of ether oxygens (including phenoxy) is 1. The van der Waals surface area contributed by atoms with Crippen molar-refractivity contribution in [2.45, 2.75) is 51.8 Å². The van der Waals surface area contributed by atoms with Gasteiger partial charge in [-0.2, -0.15) is 0 Å². The van der Waals surface area contributed by atoms with E-state index in [1.165, 1.54) is 0 Å². The van der Waals surface area contributed by atoms with Crippen LogP contribution in [0, 0.1) is 5.92 Å². The molecule has 110 valence electrons. The van der Waals surface area contributed by atoms with Crippen LogP contribution < -0.4 is 0 Å². The summed E-state index contributed by atoms with van der Waals surface area (Å²) < 4.78 is 19.6. The van der Waals surface area contributed by atoms with E-state index in [1.54, 1.807) is 20.8 Å². The van der Waals surface area contributed by atoms with Gasteiger partial charge in [-0.1, -0.05) is 13.3 Å². The molecule has 0 aromatic carbocycles. The number of amides is 1. The lowest BCUT2D eigenvalue weighted by molar-refractivity contribution is -0.152. The number of carbonyl (C=O) groups excluding carboxylic acids is 1. The van der Waals surface area contributed by atoms with E-state index in [0.29, 0.717) is 12.8 Å². The van der Waals surface area contributed by atoms with Gasteiger partial charge < -0.3 is 14.7 Å². The van der Waals surface area contributed by atoms with E-state index in [2.05, 4.69) is 0 Å². The zero-order valence-electron chi connectivity index (χ0n) is 11.9. The number of aliphatic carboxylic acids is 1. The van der Waals surface area contributed by atoms with Crippen molar-refractivity contribution < 1.29 is 23.8 Å². The lowest BCUT2D eigenvalue weighted by Gasteiger charge is -2.24. The second-order valence-corrected chi connectivity index (χ2v) is 6.01. The Morgan fingerprint density at radius 1 is 1.47 bits per heavy atom. The molecule has 0 unspecified atom stereocenters. The topological polar surface area (TPSA) is 66.8 Å². The van der Waals surface area contributed by atoms with E-state index < -0.39 is 35.8 Å². The van der Waals surface area contributed by atoms with Crippen LogP contribution in [0.2, 0.25) is 0 Å². The van der Waals surface area contributed by atoms with Gasteiger partial charge in [0.25, 0.3) is 0 Å². The number of carboxylic acid groups (broad SMARTS) is 1. The van der Waals surface area contributed by atoms with Crippen LogP contribution in [0.4, 0.5) is 9.18 Å². The Bertz CT molecular complexity index is 366. The van der Waals surface area contributed by atoms with Gasteiger partial charge in [0.15, 0.2) is 0 Å². The molecule has 1 aliphatic heterocycles. The molecule has 0 bridgehead atoms. The van der Waals surface area contributed by atoms with Crippen LogP contribution in [0.15, 0.2) is 0 Å². The van der Waals surface area contributed by atoms with Gasteiger partial charge in [-0.15, -0.1) is 0 Å². The van der Waals surface area contributed by atoms with Crippen molar-refractivity contribution in [1.29, 1.82) is 0 Å². The molecule has 1 N–H and O–H groups in total. The Morgan fingerprint density at radius 2 is 2.05 bits per heavy atom. The summed E-state index contributed by atoms with van der Waals surface area (Å²) in [6.45, 7) is 6.64. The van der Waals surface area contributed by atoms with Gasteiger partial charge in [-0.25, -0.2) is 14.0 Å². The summed E-state index contributed by atoms with van der Waals surface area (Å²) >= 11 is 0. The van der Waals surface area contributed by atoms with E-state index in [9.17, 15) is 14.0 Å². The average Bonchev–Trinajstić information content (AvgIpc) is 2.56. The number of carbonyl (C=O) groups is 2. The van der Waals surface area contributed by atoms with E-state index in [4.69, 9.17) is 9.84 Å². The van der Waals surface area contributed by atoms with Crippen LogP contribution in [0.25, 0.3) is 0 Å². The molecule has 1 saturated heterocycles. The van der Waals surface area contributed by atoms with Gasteiger partial charge in [0.1, 0.15) is 5.60 Å². The van der Waals surface area contributed by atoms with Crippen LogP contribution >= 0.6 is 0 Å². The second kappa shape index (κ2) is 5.35. The van der Waals surface area contributed by atoms with Crippen molar-refractivity contribution >= 4 is 12.1 Å². The van der Waals surface area contributed by atoms with Crippen LogP contribution in [-0.2, 0) is 9.53 Å². The van der Waals surface area contributed by atoms with Gasteiger partial charge in [0, 0.05) is 12.5 Å². The Morgan fingerprint density at radius 3 is 2.47 bits per heavy atom. The molecule has 2 atom stereocenters. The van der Waals surface area contributed by atoms with Gasteiger partial charge >= 0.3 is 12.1 Å². The molecule has 0 aromatic heterocycles. The van der Waals surface area contributed by atoms with E-state index in [1.807, 2.05) is 6.92 Å². The molecule has 0 radical (unpaired) electrons. The summed E-state index contributed by atoms with van der Waals surface area (Å²) in [5.74, 6) is -2.18. The number of hydrogen-bond acceptors (Lipinski definition) is 3. The van der Waals surface area contributed by atoms with E-state index in [-0.39, 0.29) is 6.54 Å². The maximum absolute atomic E-state index is 14.5. The molecule has 0 aromatic rings. The molecule has 1 amide bonds. The fraction of sp³-hybridized carbons (Fsp3) is 0.846. The fourth-order valence-corrected chi connectivity index (χ4v) is 2.26. The zero-order valence-corrected chi connectivity index (χ0v) is 11.9. The van der Waals surface area contributed by atoms with E-state index >= 15 is 0 Å². The fourth-order valence-electron chi connectivity index (χ4n) is 2.26. The molecule has 1 heterocycles. The predicted molar refractivity (Wildman–Crippen MR) is 67.7 cm³/mol. The lowest BCUT2D eigenvalue weighted by Crippen LogP contribution is -2.43. The number of likely N-dealkylation sites (tertiary alicyclic amines) is 1. The van der Waals surface area contributed by atoms with Crippen LogP contribution in [0.1, 0.15) is 40.5 Å². The molecular weight excluding hydrogens is 253 g/mol. The highest BCUT2D eigenvalue weighted by molar-refractivity contribution is 5.80. The van der Waals surface area contributed by atoms with Crippen molar-refractivity contribution in [3.05, 3.63) is 0 Å². The first-order valence-electron chi connectivity index (χ1n) is 6.50. The first-order valence-corrected chi connectivity index (χ1v) is 6.50. The SMILES string of the molecule is CCC[C@H]1CN(C(=O)OC(C)(C)C)C[C@@]1(F)C(=O)O. The van der Waals surface area contributed by atoms with Crippen molar-refractivity contribution in [3.63, 3.8) is 0 Å². The molecule has 19 heavy (non-hydrogen) atoms. The summed E-state index contributed by atoms with van der Waals surface area (Å²) in [7, 11) is 0. The normalized spacial score (nSPS) is 27.4. The number of carboxylic acids is 1. The molecule has 0 saturated carbocycles. The third-order valence-electron chi connectivity index (χ3n) is 3.15. The number of rotatable bonds is 3.